The minimum absolute atomic E-state index is 0.00155. The Labute approximate surface area is 132 Å². The molecule has 1 aromatic rings. The fraction of sp³-hybridized carbons (Fsp3) is 0.556. The molecule has 2 rings (SSSR count). The van der Waals surface area contributed by atoms with E-state index in [0.717, 1.165) is 18.5 Å². The average Bonchev–Trinajstić information content (AvgIpc) is 2.89. The molecule has 1 atom stereocenters. The lowest BCUT2D eigenvalue weighted by molar-refractivity contribution is -0.126. The Bertz CT molecular complexity index is 522. The third-order valence-corrected chi connectivity index (χ3v) is 4.17. The van der Waals surface area contributed by atoms with E-state index in [1.54, 1.807) is 4.90 Å². The Balaban J connectivity index is 1.93. The average molecular weight is 302 g/mol. The van der Waals surface area contributed by atoms with Crippen molar-refractivity contribution < 1.29 is 9.59 Å². The quantitative estimate of drug-likeness (QED) is 0.878. The van der Waals surface area contributed by atoms with E-state index >= 15 is 0 Å². The summed E-state index contributed by atoms with van der Waals surface area (Å²) in [5.41, 5.74) is 2.14. The maximum atomic E-state index is 12.2. The molecule has 0 unspecified atom stereocenters. The highest BCUT2D eigenvalue weighted by molar-refractivity contribution is 6.00. The van der Waals surface area contributed by atoms with Crippen molar-refractivity contribution in [2.75, 3.05) is 18.0 Å². The van der Waals surface area contributed by atoms with E-state index in [4.69, 9.17) is 0 Å². The van der Waals surface area contributed by atoms with E-state index in [-0.39, 0.29) is 17.7 Å². The van der Waals surface area contributed by atoms with Crippen LogP contribution in [0.5, 0.6) is 0 Å². The van der Waals surface area contributed by atoms with Crippen molar-refractivity contribution in [1.82, 2.24) is 5.32 Å². The summed E-state index contributed by atoms with van der Waals surface area (Å²) in [6, 6.07) is 8.02. The van der Waals surface area contributed by atoms with Gasteiger partial charge in [0, 0.05) is 25.2 Å². The molecule has 1 aliphatic heterocycles. The summed E-state index contributed by atoms with van der Waals surface area (Å²) in [4.78, 5) is 26.1. The standard InChI is InChI=1S/C18H26N2O2/c1-4-14-5-7-16(8-6-14)20-12-15(11-17(20)21)18(22)19-10-9-13(2)3/h5-8,13,15H,4,9-12H2,1-3H3,(H,19,22)/t15-/m1/s1. The number of nitrogens with zero attached hydrogens (tertiary/aromatic N) is 1. The molecular formula is C18H26N2O2. The van der Waals surface area contributed by atoms with E-state index < -0.39 is 0 Å². The molecule has 1 aromatic carbocycles. The van der Waals surface area contributed by atoms with Gasteiger partial charge in [0.25, 0.3) is 0 Å². The summed E-state index contributed by atoms with van der Waals surface area (Å²) < 4.78 is 0. The lowest BCUT2D eigenvalue weighted by atomic mass is 10.1. The van der Waals surface area contributed by atoms with E-state index in [0.29, 0.717) is 25.4 Å². The Kier molecular flexibility index (Phi) is 5.58. The number of nitrogens with one attached hydrogen (secondary N) is 1. The lowest BCUT2D eigenvalue weighted by Crippen LogP contribution is -2.33. The normalized spacial score (nSPS) is 18.1. The maximum Gasteiger partial charge on any atom is 0.227 e. The monoisotopic (exact) mass is 302 g/mol. The summed E-state index contributed by atoms with van der Waals surface area (Å²) in [6.45, 7) is 7.54. The molecule has 0 radical (unpaired) electrons. The number of hydrogen-bond acceptors (Lipinski definition) is 2. The van der Waals surface area contributed by atoms with E-state index in [9.17, 15) is 9.59 Å². The summed E-state index contributed by atoms with van der Waals surface area (Å²) in [5, 5.41) is 2.95. The van der Waals surface area contributed by atoms with Gasteiger partial charge in [0.1, 0.15) is 0 Å². The first-order valence-corrected chi connectivity index (χ1v) is 8.18. The first-order chi connectivity index (χ1) is 10.5. The van der Waals surface area contributed by atoms with Gasteiger partial charge < -0.3 is 10.2 Å². The minimum Gasteiger partial charge on any atom is -0.356 e. The van der Waals surface area contributed by atoms with Crippen molar-refractivity contribution in [3.63, 3.8) is 0 Å². The molecule has 4 heteroatoms. The fourth-order valence-electron chi connectivity index (χ4n) is 2.67. The largest absolute Gasteiger partial charge is 0.356 e. The zero-order chi connectivity index (χ0) is 16.1. The third-order valence-electron chi connectivity index (χ3n) is 4.17. The summed E-state index contributed by atoms with van der Waals surface area (Å²) in [5.74, 6) is 0.375. The van der Waals surface area contributed by atoms with Gasteiger partial charge >= 0.3 is 0 Å². The van der Waals surface area contributed by atoms with Gasteiger partial charge in [-0.2, -0.15) is 0 Å². The summed E-state index contributed by atoms with van der Waals surface area (Å²) in [6.07, 6.45) is 2.26. The van der Waals surface area contributed by atoms with Gasteiger partial charge in [-0.3, -0.25) is 9.59 Å². The lowest BCUT2D eigenvalue weighted by Gasteiger charge is -2.17. The molecule has 1 N–H and O–H groups in total. The van der Waals surface area contributed by atoms with Gasteiger partial charge in [0.15, 0.2) is 0 Å². The van der Waals surface area contributed by atoms with Crippen molar-refractivity contribution in [1.29, 1.82) is 0 Å². The molecule has 120 valence electrons. The number of carbonyl (C=O) groups is 2. The van der Waals surface area contributed by atoms with Gasteiger partial charge in [0.05, 0.1) is 5.92 Å². The zero-order valence-electron chi connectivity index (χ0n) is 13.8. The number of anilines is 1. The number of amides is 2. The van der Waals surface area contributed by atoms with Crippen LogP contribution in [0.1, 0.15) is 39.2 Å². The Morgan fingerprint density at radius 1 is 1.32 bits per heavy atom. The van der Waals surface area contributed by atoms with Crippen molar-refractivity contribution in [2.24, 2.45) is 11.8 Å². The molecule has 0 spiro atoms. The zero-order valence-corrected chi connectivity index (χ0v) is 13.8. The van der Waals surface area contributed by atoms with E-state index in [2.05, 4.69) is 26.1 Å². The highest BCUT2D eigenvalue weighted by Gasteiger charge is 2.34. The van der Waals surface area contributed by atoms with Gasteiger partial charge in [-0.25, -0.2) is 0 Å². The van der Waals surface area contributed by atoms with Crippen molar-refractivity contribution >= 4 is 17.5 Å². The first-order valence-electron chi connectivity index (χ1n) is 8.18. The van der Waals surface area contributed by atoms with Gasteiger partial charge in [0.2, 0.25) is 11.8 Å². The van der Waals surface area contributed by atoms with Crippen molar-refractivity contribution in [3.8, 4) is 0 Å². The number of rotatable bonds is 6. The second-order valence-electron chi connectivity index (χ2n) is 6.40. The summed E-state index contributed by atoms with van der Waals surface area (Å²) in [7, 11) is 0. The molecule has 0 aromatic heterocycles. The second-order valence-corrected chi connectivity index (χ2v) is 6.40. The SMILES string of the molecule is CCc1ccc(N2C[C@H](C(=O)NCCC(C)C)CC2=O)cc1. The Morgan fingerprint density at radius 3 is 2.59 bits per heavy atom. The second kappa shape index (κ2) is 7.43. The van der Waals surface area contributed by atoms with Crippen molar-refractivity contribution in [3.05, 3.63) is 29.8 Å². The van der Waals surface area contributed by atoms with E-state index in [1.807, 2.05) is 24.3 Å². The van der Waals surface area contributed by atoms with Crippen LogP contribution < -0.4 is 10.2 Å². The maximum absolute atomic E-state index is 12.2. The smallest absolute Gasteiger partial charge is 0.227 e. The predicted octanol–water partition coefficient (Wildman–Crippen LogP) is 2.76. The van der Waals surface area contributed by atoms with Crippen LogP contribution in [0.2, 0.25) is 0 Å². The van der Waals surface area contributed by atoms with Crippen LogP contribution in [0, 0.1) is 11.8 Å². The molecule has 1 aliphatic rings. The van der Waals surface area contributed by atoms with Crippen LogP contribution in [0.3, 0.4) is 0 Å². The topological polar surface area (TPSA) is 49.4 Å². The first kappa shape index (κ1) is 16.5. The number of aryl methyl sites for hydroxylation is 1. The number of carbonyl (C=O) groups excluding carboxylic acids is 2. The van der Waals surface area contributed by atoms with E-state index in [1.165, 1.54) is 5.56 Å². The molecule has 0 saturated carbocycles. The molecule has 0 bridgehead atoms. The van der Waals surface area contributed by atoms with Crippen LogP contribution in [0.4, 0.5) is 5.69 Å². The van der Waals surface area contributed by atoms with Gasteiger partial charge in [-0.05, 0) is 36.5 Å². The Morgan fingerprint density at radius 2 is 2.00 bits per heavy atom. The molecule has 0 aliphatic carbocycles. The van der Waals surface area contributed by atoms with Gasteiger partial charge in [-0.1, -0.05) is 32.9 Å². The van der Waals surface area contributed by atoms with Crippen LogP contribution in [0.25, 0.3) is 0 Å². The number of benzene rings is 1. The molecule has 1 saturated heterocycles. The highest BCUT2D eigenvalue weighted by Crippen LogP contribution is 2.25. The molecule has 1 heterocycles. The molecular weight excluding hydrogens is 276 g/mol. The number of hydrogen-bond donors (Lipinski definition) is 1. The predicted molar refractivity (Wildman–Crippen MR) is 88.7 cm³/mol. The highest BCUT2D eigenvalue weighted by atomic mass is 16.2. The molecule has 1 fully saturated rings. The van der Waals surface area contributed by atoms with Crippen LogP contribution in [0.15, 0.2) is 24.3 Å². The minimum atomic E-state index is -0.231. The fourth-order valence-corrected chi connectivity index (χ4v) is 2.67. The molecule has 4 nitrogen and oxygen atoms in total. The van der Waals surface area contributed by atoms with Crippen LogP contribution in [-0.2, 0) is 16.0 Å². The van der Waals surface area contributed by atoms with Crippen molar-refractivity contribution in [2.45, 2.75) is 40.0 Å². The van der Waals surface area contributed by atoms with Crippen LogP contribution in [-0.4, -0.2) is 24.9 Å². The molecule has 2 amide bonds. The summed E-state index contributed by atoms with van der Waals surface area (Å²) >= 11 is 0. The molecule has 22 heavy (non-hydrogen) atoms. The van der Waals surface area contributed by atoms with Crippen LogP contribution >= 0.6 is 0 Å². The Hall–Kier alpha value is -1.84. The van der Waals surface area contributed by atoms with Gasteiger partial charge in [-0.15, -0.1) is 0 Å². The third kappa shape index (κ3) is 4.09.